The first-order valence-electron chi connectivity index (χ1n) is 4.00. The van der Waals surface area contributed by atoms with Crippen molar-refractivity contribution in [1.29, 1.82) is 0 Å². The van der Waals surface area contributed by atoms with E-state index in [1.54, 1.807) is 0 Å². The van der Waals surface area contributed by atoms with Crippen molar-refractivity contribution in [3.05, 3.63) is 25.4 Å². The van der Waals surface area contributed by atoms with Crippen molar-refractivity contribution in [3.8, 4) is 5.88 Å². The highest BCUT2D eigenvalue weighted by molar-refractivity contribution is 14.1. The van der Waals surface area contributed by atoms with Gasteiger partial charge in [-0.05, 0) is 22.6 Å². The zero-order chi connectivity index (χ0) is 14.1. The number of rotatable bonds is 3. The third-order valence-electron chi connectivity index (χ3n) is 1.59. The van der Waals surface area contributed by atoms with Gasteiger partial charge in [-0.1, -0.05) is 0 Å². The van der Waals surface area contributed by atoms with E-state index < -0.39 is 38.5 Å². The Labute approximate surface area is 109 Å². The molecule has 0 atom stereocenters. The Morgan fingerprint density at radius 2 is 2.00 bits per heavy atom. The van der Waals surface area contributed by atoms with E-state index in [0.717, 1.165) is 0 Å². The zero-order valence-electron chi connectivity index (χ0n) is 8.04. The lowest BCUT2D eigenvalue weighted by atomic mass is 10.2. The molecule has 5 nitrogen and oxygen atoms in total. The van der Waals surface area contributed by atoms with E-state index >= 15 is 0 Å². The fourth-order valence-electron chi connectivity index (χ4n) is 1.02. The first-order valence-corrected chi connectivity index (χ1v) is 5.08. The normalized spacial score (nSPS) is 11.7. The van der Waals surface area contributed by atoms with Gasteiger partial charge in [-0.2, -0.15) is 4.98 Å². The first kappa shape index (κ1) is 14.8. The summed E-state index contributed by atoms with van der Waals surface area (Å²) in [6.07, 6.45) is -8.44. The molecule has 0 fully saturated rings. The summed E-state index contributed by atoms with van der Waals surface area (Å²) in [5.74, 6) is -1.17. The van der Waals surface area contributed by atoms with Crippen molar-refractivity contribution >= 4 is 28.3 Å². The van der Waals surface area contributed by atoms with Crippen molar-refractivity contribution in [1.82, 2.24) is 4.98 Å². The molecule has 0 aliphatic carbocycles. The molecule has 1 aromatic heterocycles. The molecule has 1 aromatic rings. The highest BCUT2D eigenvalue weighted by atomic mass is 127. The highest BCUT2D eigenvalue weighted by Gasteiger charge is 2.34. The van der Waals surface area contributed by atoms with Crippen LogP contribution in [0.15, 0.2) is 6.07 Å². The Balaban J connectivity index is 3.32. The minimum absolute atomic E-state index is 0.193. The maximum Gasteiger partial charge on any atom is 0.574 e. The van der Waals surface area contributed by atoms with Gasteiger partial charge in [-0.15, -0.1) is 13.2 Å². The van der Waals surface area contributed by atoms with E-state index in [-0.39, 0.29) is 6.07 Å². The lowest BCUT2D eigenvalue weighted by Crippen LogP contribution is -2.18. The Hall–Kier alpha value is -1.27. The van der Waals surface area contributed by atoms with Gasteiger partial charge in [0.05, 0.1) is 4.92 Å². The molecule has 0 aliphatic rings. The highest BCUT2D eigenvalue weighted by Crippen LogP contribution is 2.35. The molecule has 0 amide bonds. The van der Waals surface area contributed by atoms with Crippen LogP contribution in [0.25, 0.3) is 0 Å². The molecule has 0 saturated carbocycles. The van der Waals surface area contributed by atoms with Crippen LogP contribution in [-0.4, -0.2) is 16.3 Å². The van der Waals surface area contributed by atoms with E-state index in [0.29, 0.717) is 0 Å². The number of halogens is 6. The molecule has 1 rings (SSSR count). The maximum atomic E-state index is 12.5. The third-order valence-corrected chi connectivity index (χ3v) is 2.35. The molecule has 0 aliphatic heterocycles. The maximum absolute atomic E-state index is 12.5. The SMILES string of the molecule is O=[N+]([O-])c1c(C(F)F)cc(OC(F)(F)F)nc1I. The first-order chi connectivity index (χ1) is 8.11. The predicted octanol–water partition coefficient (Wildman–Crippen LogP) is 3.43. The Kier molecular flexibility index (Phi) is 4.24. The number of nitro groups is 1. The topological polar surface area (TPSA) is 65.3 Å². The van der Waals surface area contributed by atoms with E-state index in [4.69, 9.17) is 0 Å². The molecule has 0 aromatic carbocycles. The predicted molar refractivity (Wildman–Crippen MR) is 55.2 cm³/mol. The van der Waals surface area contributed by atoms with Crippen LogP contribution in [0.2, 0.25) is 0 Å². The summed E-state index contributed by atoms with van der Waals surface area (Å²) in [7, 11) is 0. The lowest BCUT2D eigenvalue weighted by molar-refractivity contribution is -0.387. The van der Waals surface area contributed by atoms with Crippen molar-refractivity contribution in [2.24, 2.45) is 0 Å². The zero-order valence-corrected chi connectivity index (χ0v) is 10.2. The summed E-state index contributed by atoms with van der Waals surface area (Å²) in [6.45, 7) is 0. The summed E-state index contributed by atoms with van der Waals surface area (Å²) in [5, 5.41) is 10.5. The van der Waals surface area contributed by atoms with Gasteiger partial charge in [0.2, 0.25) is 5.88 Å². The number of hydrogen-bond donors (Lipinski definition) is 0. The minimum Gasteiger partial charge on any atom is -0.388 e. The molecule has 0 unspecified atom stereocenters. The van der Waals surface area contributed by atoms with Gasteiger partial charge in [0.1, 0.15) is 5.56 Å². The Morgan fingerprint density at radius 3 is 2.39 bits per heavy atom. The summed E-state index contributed by atoms with van der Waals surface area (Å²) in [6, 6.07) is 0.193. The van der Waals surface area contributed by atoms with Gasteiger partial charge >= 0.3 is 12.0 Å². The smallest absolute Gasteiger partial charge is 0.388 e. The minimum atomic E-state index is -5.12. The van der Waals surface area contributed by atoms with Crippen molar-refractivity contribution < 1.29 is 31.6 Å². The van der Waals surface area contributed by atoms with Gasteiger partial charge in [-0.25, -0.2) is 8.78 Å². The van der Waals surface area contributed by atoms with Gasteiger partial charge in [0.15, 0.2) is 3.70 Å². The fraction of sp³-hybridized carbons (Fsp3) is 0.286. The largest absolute Gasteiger partial charge is 0.574 e. The van der Waals surface area contributed by atoms with Crippen molar-refractivity contribution in [2.75, 3.05) is 0 Å². The molecule has 1 heterocycles. The summed E-state index contributed by atoms with van der Waals surface area (Å²) in [5.41, 5.74) is -2.22. The standard InChI is InChI=1S/C7H2F5IN2O3/c8-5(9)2-1-3(18-7(10,11)12)14-6(13)4(2)15(16)17/h1,5H. The second-order valence-electron chi connectivity index (χ2n) is 2.79. The number of pyridine rings is 1. The van der Waals surface area contributed by atoms with Crippen molar-refractivity contribution in [2.45, 2.75) is 12.8 Å². The fourth-order valence-corrected chi connectivity index (χ4v) is 1.77. The third kappa shape index (κ3) is 3.61. The van der Waals surface area contributed by atoms with Gasteiger partial charge in [-0.3, -0.25) is 10.1 Å². The number of alkyl halides is 5. The molecule has 0 saturated heterocycles. The lowest BCUT2D eigenvalue weighted by Gasteiger charge is -2.10. The van der Waals surface area contributed by atoms with E-state index in [1.165, 1.54) is 22.6 Å². The van der Waals surface area contributed by atoms with Crippen LogP contribution in [0.3, 0.4) is 0 Å². The van der Waals surface area contributed by atoms with E-state index in [9.17, 15) is 32.1 Å². The van der Waals surface area contributed by atoms with Crippen molar-refractivity contribution in [3.63, 3.8) is 0 Å². The van der Waals surface area contributed by atoms with Crippen LogP contribution in [0.5, 0.6) is 5.88 Å². The number of aromatic nitrogens is 1. The molecule has 0 bridgehead atoms. The van der Waals surface area contributed by atoms with Gasteiger partial charge < -0.3 is 4.74 Å². The number of nitrogens with zero attached hydrogens (tertiary/aromatic N) is 2. The molecular weight excluding hydrogens is 382 g/mol. The van der Waals surface area contributed by atoms with Crippen LogP contribution in [0.4, 0.5) is 27.6 Å². The van der Waals surface area contributed by atoms with Crippen LogP contribution < -0.4 is 4.74 Å². The average molecular weight is 384 g/mol. The average Bonchev–Trinajstić information content (AvgIpc) is 2.12. The van der Waals surface area contributed by atoms with E-state index in [1.807, 2.05) is 0 Å². The van der Waals surface area contributed by atoms with Gasteiger partial charge in [0, 0.05) is 6.07 Å². The summed E-state index contributed by atoms with van der Waals surface area (Å²) in [4.78, 5) is 12.5. The molecule has 0 N–H and O–H groups in total. The summed E-state index contributed by atoms with van der Waals surface area (Å²) >= 11 is 1.18. The second kappa shape index (κ2) is 5.16. The van der Waals surface area contributed by atoms with E-state index in [2.05, 4.69) is 9.72 Å². The molecule has 100 valence electrons. The second-order valence-corrected chi connectivity index (χ2v) is 3.82. The Bertz CT molecular complexity index is 479. The van der Waals surface area contributed by atoms with Crippen LogP contribution in [0, 0.1) is 13.8 Å². The monoisotopic (exact) mass is 384 g/mol. The van der Waals surface area contributed by atoms with Gasteiger partial charge in [0.25, 0.3) is 6.43 Å². The molecular formula is C7H2F5IN2O3. The molecule has 11 heteroatoms. The van der Waals surface area contributed by atoms with Crippen LogP contribution >= 0.6 is 22.6 Å². The molecule has 0 radical (unpaired) electrons. The molecule has 18 heavy (non-hydrogen) atoms. The van der Waals surface area contributed by atoms with Crippen LogP contribution in [0.1, 0.15) is 12.0 Å². The Morgan fingerprint density at radius 1 is 1.44 bits per heavy atom. The summed E-state index contributed by atoms with van der Waals surface area (Å²) < 4.78 is 63.4. The quantitative estimate of drug-likeness (QED) is 0.263. The number of hydrogen-bond acceptors (Lipinski definition) is 4. The number of ether oxygens (including phenoxy) is 1. The van der Waals surface area contributed by atoms with Crippen LogP contribution in [-0.2, 0) is 0 Å². The molecule has 0 spiro atoms.